The molecular formula is C15H15FN2O2. The molecule has 0 saturated heterocycles. The van der Waals surface area contributed by atoms with Crippen LogP contribution in [0.25, 0.3) is 0 Å². The highest BCUT2D eigenvalue weighted by Gasteiger charge is 2.14. The summed E-state index contributed by atoms with van der Waals surface area (Å²) in [6.07, 6.45) is 0. The van der Waals surface area contributed by atoms with Crippen molar-refractivity contribution >= 4 is 11.4 Å². The SMILES string of the molecule is Cc1ccccc1N(C)Cc1ccc([N+](=O)[O-])c(F)c1. The van der Waals surface area contributed by atoms with Crippen molar-refractivity contribution in [1.82, 2.24) is 0 Å². The first-order valence-corrected chi connectivity index (χ1v) is 6.18. The van der Waals surface area contributed by atoms with Crippen molar-refractivity contribution in [3.8, 4) is 0 Å². The van der Waals surface area contributed by atoms with Crippen molar-refractivity contribution in [1.29, 1.82) is 0 Å². The van der Waals surface area contributed by atoms with Gasteiger partial charge in [0.1, 0.15) is 0 Å². The highest BCUT2D eigenvalue weighted by molar-refractivity contribution is 5.52. The summed E-state index contributed by atoms with van der Waals surface area (Å²) in [4.78, 5) is 11.8. The van der Waals surface area contributed by atoms with E-state index in [1.165, 1.54) is 12.1 Å². The molecule has 0 radical (unpaired) electrons. The molecule has 0 saturated carbocycles. The minimum absolute atomic E-state index is 0.486. The van der Waals surface area contributed by atoms with Crippen LogP contribution in [0, 0.1) is 22.9 Å². The molecule has 0 aromatic heterocycles. The largest absolute Gasteiger partial charge is 0.370 e. The second kappa shape index (κ2) is 5.69. The van der Waals surface area contributed by atoms with Crippen LogP contribution in [0.5, 0.6) is 0 Å². The quantitative estimate of drug-likeness (QED) is 0.631. The van der Waals surface area contributed by atoms with Gasteiger partial charge in [0, 0.05) is 25.3 Å². The van der Waals surface area contributed by atoms with Crippen LogP contribution in [0.4, 0.5) is 15.8 Å². The Kier molecular flexibility index (Phi) is 3.98. The van der Waals surface area contributed by atoms with Crippen LogP contribution in [0.3, 0.4) is 0 Å². The molecule has 0 aliphatic heterocycles. The van der Waals surface area contributed by atoms with Gasteiger partial charge in [-0.2, -0.15) is 4.39 Å². The lowest BCUT2D eigenvalue weighted by Crippen LogP contribution is -2.17. The van der Waals surface area contributed by atoms with E-state index in [0.717, 1.165) is 11.3 Å². The average Bonchev–Trinajstić information content (AvgIpc) is 2.38. The highest BCUT2D eigenvalue weighted by Crippen LogP contribution is 2.22. The van der Waals surface area contributed by atoms with Crippen LogP contribution in [0.2, 0.25) is 0 Å². The second-order valence-corrected chi connectivity index (χ2v) is 4.69. The monoisotopic (exact) mass is 274 g/mol. The lowest BCUT2D eigenvalue weighted by molar-refractivity contribution is -0.387. The highest BCUT2D eigenvalue weighted by atomic mass is 19.1. The lowest BCUT2D eigenvalue weighted by atomic mass is 10.1. The normalized spacial score (nSPS) is 10.3. The molecule has 20 heavy (non-hydrogen) atoms. The predicted molar refractivity (Wildman–Crippen MR) is 76.3 cm³/mol. The molecule has 2 aromatic rings. The van der Waals surface area contributed by atoms with Gasteiger partial charge < -0.3 is 4.90 Å². The summed E-state index contributed by atoms with van der Waals surface area (Å²) in [5.41, 5.74) is 2.37. The minimum Gasteiger partial charge on any atom is -0.370 e. The van der Waals surface area contributed by atoms with E-state index in [0.29, 0.717) is 12.1 Å². The summed E-state index contributed by atoms with van der Waals surface area (Å²) < 4.78 is 13.6. The molecule has 0 aliphatic rings. The Morgan fingerprint density at radius 1 is 1.25 bits per heavy atom. The molecule has 0 unspecified atom stereocenters. The van der Waals surface area contributed by atoms with Crippen LogP contribution < -0.4 is 4.90 Å². The van der Waals surface area contributed by atoms with Crippen LogP contribution in [-0.2, 0) is 6.54 Å². The van der Waals surface area contributed by atoms with Crippen molar-refractivity contribution in [2.24, 2.45) is 0 Å². The molecule has 0 bridgehead atoms. The Labute approximate surface area is 116 Å². The van der Waals surface area contributed by atoms with Gasteiger partial charge in [-0.3, -0.25) is 10.1 Å². The molecule has 2 rings (SSSR count). The Morgan fingerprint density at radius 3 is 2.55 bits per heavy atom. The van der Waals surface area contributed by atoms with Crippen LogP contribution in [0.1, 0.15) is 11.1 Å². The Hall–Kier alpha value is -2.43. The smallest absolute Gasteiger partial charge is 0.304 e. The van der Waals surface area contributed by atoms with E-state index < -0.39 is 16.4 Å². The van der Waals surface area contributed by atoms with E-state index >= 15 is 0 Å². The molecule has 0 atom stereocenters. The van der Waals surface area contributed by atoms with Crippen molar-refractivity contribution < 1.29 is 9.31 Å². The zero-order valence-corrected chi connectivity index (χ0v) is 11.3. The Bertz CT molecular complexity index is 644. The third-order valence-electron chi connectivity index (χ3n) is 3.16. The number of hydrogen-bond acceptors (Lipinski definition) is 3. The number of hydrogen-bond donors (Lipinski definition) is 0. The van der Waals surface area contributed by atoms with Crippen LogP contribution >= 0.6 is 0 Å². The molecular weight excluding hydrogens is 259 g/mol. The minimum atomic E-state index is -0.800. The van der Waals surface area contributed by atoms with Gasteiger partial charge in [-0.25, -0.2) is 0 Å². The lowest BCUT2D eigenvalue weighted by Gasteiger charge is -2.21. The number of nitrogens with zero attached hydrogens (tertiary/aromatic N) is 2. The zero-order chi connectivity index (χ0) is 14.7. The van der Waals surface area contributed by atoms with Crippen LogP contribution in [-0.4, -0.2) is 12.0 Å². The molecule has 4 nitrogen and oxygen atoms in total. The first-order chi connectivity index (χ1) is 9.49. The summed E-state index contributed by atoms with van der Waals surface area (Å²) in [5.74, 6) is -0.800. The summed E-state index contributed by atoms with van der Waals surface area (Å²) in [5, 5.41) is 10.6. The maximum absolute atomic E-state index is 13.6. The molecule has 2 aromatic carbocycles. The van der Waals surface area contributed by atoms with Gasteiger partial charge in [-0.05, 0) is 30.2 Å². The summed E-state index contributed by atoms with van der Waals surface area (Å²) >= 11 is 0. The van der Waals surface area contributed by atoms with Gasteiger partial charge in [0.2, 0.25) is 5.82 Å². The zero-order valence-electron chi connectivity index (χ0n) is 11.3. The van der Waals surface area contributed by atoms with Gasteiger partial charge in [0.25, 0.3) is 0 Å². The van der Waals surface area contributed by atoms with E-state index in [4.69, 9.17) is 0 Å². The number of para-hydroxylation sites is 1. The number of anilines is 1. The van der Waals surface area contributed by atoms with Gasteiger partial charge in [-0.1, -0.05) is 24.3 Å². The van der Waals surface area contributed by atoms with Crippen LogP contribution in [0.15, 0.2) is 42.5 Å². The fraction of sp³-hybridized carbons (Fsp3) is 0.200. The molecule has 0 heterocycles. The molecule has 0 amide bonds. The van der Waals surface area contributed by atoms with Crippen molar-refractivity contribution in [3.05, 3.63) is 69.5 Å². The number of aryl methyl sites for hydroxylation is 1. The standard InChI is InChI=1S/C15H15FN2O2/c1-11-5-3-4-6-14(11)17(2)10-12-7-8-15(18(19)20)13(16)9-12/h3-9H,10H2,1-2H3. The maximum atomic E-state index is 13.6. The first-order valence-electron chi connectivity index (χ1n) is 6.18. The Balaban J connectivity index is 2.20. The number of halogens is 1. The predicted octanol–water partition coefficient (Wildman–Crippen LogP) is 3.68. The fourth-order valence-electron chi connectivity index (χ4n) is 2.15. The summed E-state index contributed by atoms with van der Waals surface area (Å²) in [7, 11) is 1.90. The van der Waals surface area contributed by atoms with Crippen molar-refractivity contribution in [3.63, 3.8) is 0 Å². The first kappa shape index (κ1) is 14.0. The third kappa shape index (κ3) is 2.93. The number of rotatable bonds is 4. The number of benzene rings is 2. The topological polar surface area (TPSA) is 46.4 Å². The van der Waals surface area contributed by atoms with E-state index in [1.807, 2.05) is 43.1 Å². The summed E-state index contributed by atoms with van der Waals surface area (Å²) in [6, 6.07) is 11.9. The number of nitro benzene ring substituents is 1. The molecule has 5 heteroatoms. The number of nitro groups is 1. The summed E-state index contributed by atoms with van der Waals surface area (Å²) in [6.45, 7) is 2.49. The van der Waals surface area contributed by atoms with E-state index in [9.17, 15) is 14.5 Å². The fourth-order valence-corrected chi connectivity index (χ4v) is 2.15. The molecule has 0 spiro atoms. The van der Waals surface area contributed by atoms with E-state index in [2.05, 4.69) is 0 Å². The molecule has 0 fully saturated rings. The van der Waals surface area contributed by atoms with E-state index in [-0.39, 0.29) is 0 Å². The van der Waals surface area contributed by atoms with Gasteiger partial charge in [0.15, 0.2) is 0 Å². The Morgan fingerprint density at radius 2 is 1.95 bits per heavy atom. The van der Waals surface area contributed by atoms with E-state index in [1.54, 1.807) is 6.07 Å². The van der Waals surface area contributed by atoms with Crippen molar-refractivity contribution in [2.45, 2.75) is 13.5 Å². The average molecular weight is 274 g/mol. The van der Waals surface area contributed by atoms with Gasteiger partial charge in [0.05, 0.1) is 4.92 Å². The molecule has 0 aliphatic carbocycles. The van der Waals surface area contributed by atoms with Crippen molar-refractivity contribution in [2.75, 3.05) is 11.9 Å². The second-order valence-electron chi connectivity index (χ2n) is 4.69. The molecule has 0 N–H and O–H groups in total. The maximum Gasteiger partial charge on any atom is 0.304 e. The third-order valence-corrected chi connectivity index (χ3v) is 3.16. The van der Waals surface area contributed by atoms with Gasteiger partial charge in [-0.15, -0.1) is 0 Å². The molecule has 104 valence electrons. The van der Waals surface area contributed by atoms with Gasteiger partial charge >= 0.3 is 5.69 Å².